The van der Waals surface area contributed by atoms with Gasteiger partial charge in [0.1, 0.15) is 11.5 Å². The van der Waals surface area contributed by atoms with Crippen LogP contribution in [-0.4, -0.2) is 16.3 Å². The highest BCUT2D eigenvalue weighted by Crippen LogP contribution is 2.18. The first-order valence-corrected chi connectivity index (χ1v) is 5.45. The van der Waals surface area contributed by atoms with Crippen molar-refractivity contribution in [1.82, 2.24) is 4.57 Å². The molecule has 0 unspecified atom stereocenters. The van der Waals surface area contributed by atoms with E-state index >= 15 is 0 Å². The Labute approximate surface area is 107 Å². The van der Waals surface area contributed by atoms with Gasteiger partial charge in [0, 0.05) is 17.4 Å². The first-order valence-electron chi connectivity index (χ1n) is 5.45. The molecule has 1 heterocycles. The summed E-state index contributed by atoms with van der Waals surface area (Å²) in [6.07, 6.45) is 0. The maximum absolute atomic E-state index is 12.0. The molecule has 0 saturated heterocycles. The van der Waals surface area contributed by atoms with Crippen LogP contribution in [0.1, 0.15) is 5.69 Å². The van der Waals surface area contributed by atoms with E-state index < -0.39 is 12.2 Å². The van der Waals surface area contributed by atoms with E-state index in [1.165, 1.54) is 34.9 Å². The molecule has 2 rings (SSSR count). The minimum atomic E-state index is -2.89. The number of benzene rings is 1. The number of pyridine rings is 1. The summed E-state index contributed by atoms with van der Waals surface area (Å²) in [6.45, 7) is -1.23. The second-order valence-electron chi connectivity index (χ2n) is 3.90. The van der Waals surface area contributed by atoms with Crippen LogP contribution in [0, 0.1) is 6.92 Å². The molecule has 19 heavy (non-hydrogen) atoms. The maximum Gasteiger partial charge on any atom is 0.387 e. The van der Waals surface area contributed by atoms with E-state index in [9.17, 15) is 18.7 Å². The van der Waals surface area contributed by atoms with Gasteiger partial charge in [-0.05, 0) is 37.3 Å². The SMILES string of the molecule is Cc1cc(O)cc(=O)n1-c1ccc(OC(F)F)cc1. The van der Waals surface area contributed by atoms with Crippen LogP contribution in [0.4, 0.5) is 8.78 Å². The monoisotopic (exact) mass is 267 g/mol. The van der Waals surface area contributed by atoms with Crippen molar-refractivity contribution < 1.29 is 18.6 Å². The first kappa shape index (κ1) is 13.1. The number of nitrogens with zero attached hydrogens (tertiary/aromatic N) is 1. The fourth-order valence-corrected chi connectivity index (χ4v) is 1.79. The molecule has 6 heteroatoms. The van der Waals surface area contributed by atoms with Crippen molar-refractivity contribution in [3.8, 4) is 17.2 Å². The first-order chi connectivity index (χ1) is 8.97. The number of rotatable bonds is 3. The summed E-state index contributed by atoms with van der Waals surface area (Å²) in [4.78, 5) is 11.8. The largest absolute Gasteiger partial charge is 0.508 e. The Bertz CT molecular complexity index is 635. The molecule has 0 aliphatic heterocycles. The minimum Gasteiger partial charge on any atom is -0.508 e. The summed E-state index contributed by atoms with van der Waals surface area (Å²) >= 11 is 0. The second-order valence-corrected chi connectivity index (χ2v) is 3.90. The van der Waals surface area contributed by atoms with Crippen molar-refractivity contribution >= 4 is 0 Å². The third kappa shape index (κ3) is 2.90. The van der Waals surface area contributed by atoms with E-state index in [4.69, 9.17) is 0 Å². The van der Waals surface area contributed by atoms with Gasteiger partial charge >= 0.3 is 6.61 Å². The van der Waals surface area contributed by atoms with Gasteiger partial charge in [0.2, 0.25) is 0 Å². The molecular formula is C13H11F2NO3. The summed E-state index contributed by atoms with van der Waals surface area (Å²) in [5.74, 6) is -0.0976. The Morgan fingerprint density at radius 1 is 1.21 bits per heavy atom. The average Bonchev–Trinajstić information content (AvgIpc) is 2.29. The molecule has 100 valence electrons. The van der Waals surface area contributed by atoms with Crippen molar-refractivity contribution in [2.45, 2.75) is 13.5 Å². The Kier molecular flexibility index (Phi) is 3.50. The van der Waals surface area contributed by atoms with E-state index in [-0.39, 0.29) is 11.5 Å². The highest BCUT2D eigenvalue weighted by Gasteiger charge is 2.07. The molecule has 0 aliphatic rings. The Morgan fingerprint density at radius 2 is 1.84 bits per heavy atom. The Morgan fingerprint density at radius 3 is 2.37 bits per heavy atom. The number of aromatic hydroxyl groups is 1. The predicted molar refractivity (Wildman–Crippen MR) is 65.1 cm³/mol. The van der Waals surface area contributed by atoms with Crippen LogP contribution >= 0.6 is 0 Å². The molecule has 0 aliphatic carbocycles. The van der Waals surface area contributed by atoms with Gasteiger partial charge in [0.25, 0.3) is 5.56 Å². The molecule has 4 nitrogen and oxygen atoms in total. The van der Waals surface area contributed by atoms with Crippen LogP contribution in [-0.2, 0) is 0 Å². The van der Waals surface area contributed by atoms with Crippen LogP contribution in [0.5, 0.6) is 11.5 Å². The minimum absolute atomic E-state index is 0.0169. The molecule has 0 fully saturated rings. The molecule has 1 aromatic carbocycles. The number of hydrogen-bond donors (Lipinski definition) is 1. The van der Waals surface area contributed by atoms with Gasteiger partial charge in [-0.25, -0.2) is 0 Å². The van der Waals surface area contributed by atoms with E-state index in [2.05, 4.69) is 4.74 Å². The fourth-order valence-electron chi connectivity index (χ4n) is 1.79. The molecule has 0 radical (unpaired) electrons. The fraction of sp³-hybridized carbons (Fsp3) is 0.154. The van der Waals surface area contributed by atoms with Crippen molar-refractivity contribution in [2.75, 3.05) is 0 Å². The molecular weight excluding hydrogens is 256 g/mol. The zero-order valence-corrected chi connectivity index (χ0v) is 10.0. The average molecular weight is 267 g/mol. The van der Waals surface area contributed by atoms with Crippen LogP contribution in [0.15, 0.2) is 41.2 Å². The summed E-state index contributed by atoms with van der Waals surface area (Å²) in [7, 11) is 0. The zero-order chi connectivity index (χ0) is 14.0. The summed E-state index contributed by atoms with van der Waals surface area (Å²) < 4.78 is 29.6. The lowest BCUT2D eigenvalue weighted by Gasteiger charge is -2.11. The molecule has 1 aromatic heterocycles. The van der Waals surface area contributed by atoms with Gasteiger partial charge in [-0.15, -0.1) is 0 Å². The number of alkyl halides is 2. The van der Waals surface area contributed by atoms with Crippen molar-refractivity contribution in [1.29, 1.82) is 0 Å². The smallest absolute Gasteiger partial charge is 0.387 e. The molecule has 0 spiro atoms. The standard InChI is InChI=1S/C13H11F2NO3/c1-8-6-10(17)7-12(18)16(8)9-2-4-11(5-3-9)19-13(14)15/h2-7,13,17H,1H3. The van der Waals surface area contributed by atoms with Gasteiger partial charge < -0.3 is 9.84 Å². The molecule has 2 aromatic rings. The van der Waals surface area contributed by atoms with E-state index in [1.807, 2.05) is 0 Å². The maximum atomic E-state index is 12.0. The normalized spacial score (nSPS) is 10.7. The topological polar surface area (TPSA) is 51.5 Å². The van der Waals surface area contributed by atoms with Gasteiger partial charge in [-0.3, -0.25) is 9.36 Å². The lowest BCUT2D eigenvalue weighted by molar-refractivity contribution is -0.0498. The number of hydrogen-bond acceptors (Lipinski definition) is 3. The summed E-state index contributed by atoms with van der Waals surface area (Å²) in [6, 6.07) is 8.19. The van der Waals surface area contributed by atoms with Crippen LogP contribution in [0.2, 0.25) is 0 Å². The number of aryl methyl sites for hydroxylation is 1. The van der Waals surface area contributed by atoms with Crippen LogP contribution in [0.25, 0.3) is 5.69 Å². The zero-order valence-electron chi connectivity index (χ0n) is 10.0. The summed E-state index contributed by atoms with van der Waals surface area (Å²) in [5.41, 5.74) is 0.636. The Balaban J connectivity index is 2.40. The number of halogens is 2. The van der Waals surface area contributed by atoms with E-state index in [0.29, 0.717) is 11.4 Å². The third-order valence-corrected chi connectivity index (χ3v) is 2.52. The van der Waals surface area contributed by atoms with Crippen LogP contribution in [0.3, 0.4) is 0 Å². The van der Waals surface area contributed by atoms with Crippen molar-refractivity contribution in [3.05, 3.63) is 52.4 Å². The van der Waals surface area contributed by atoms with Gasteiger partial charge in [0.15, 0.2) is 0 Å². The van der Waals surface area contributed by atoms with Gasteiger partial charge in [-0.2, -0.15) is 8.78 Å². The molecule has 1 N–H and O–H groups in total. The van der Waals surface area contributed by atoms with Crippen molar-refractivity contribution in [3.63, 3.8) is 0 Å². The number of aromatic nitrogens is 1. The van der Waals surface area contributed by atoms with Crippen molar-refractivity contribution in [2.24, 2.45) is 0 Å². The summed E-state index contributed by atoms with van der Waals surface area (Å²) in [5, 5.41) is 9.29. The highest BCUT2D eigenvalue weighted by molar-refractivity contribution is 5.40. The quantitative estimate of drug-likeness (QED) is 0.929. The molecule has 0 amide bonds. The number of ether oxygens (including phenoxy) is 1. The Hall–Kier alpha value is -2.37. The van der Waals surface area contributed by atoms with Gasteiger partial charge in [-0.1, -0.05) is 0 Å². The lowest BCUT2D eigenvalue weighted by Crippen LogP contribution is -2.19. The third-order valence-electron chi connectivity index (χ3n) is 2.52. The van der Waals surface area contributed by atoms with E-state index in [0.717, 1.165) is 6.07 Å². The molecule has 0 saturated carbocycles. The highest BCUT2D eigenvalue weighted by atomic mass is 19.3. The lowest BCUT2D eigenvalue weighted by atomic mass is 10.2. The molecule has 0 atom stereocenters. The predicted octanol–water partition coefficient (Wildman–Crippen LogP) is 2.45. The van der Waals surface area contributed by atoms with Crippen LogP contribution < -0.4 is 10.3 Å². The van der Waals surface area contributed by atoms with E-state index in [1.54, 1.807) is 6.92 Å². The molecule has 0 bridgehead atoms. The second kappa shape index (κ2) is 5.09. The van der Waals surface area contributed by atoms with Gasteiger partial charge in [0.05, 0.1) is 0 Å².